The molecule has 0 aliphatic rings. The molecule has 1 aromatic carbocycles. The number of halogens is 1. The topological polar surface area (TPSA) is 34.2 Å². The van der Waals surface area contributed by atoms with Crippen LogP contribution in [-0.4, -0.2) is 11.5 Å². The highest BCUT2D eigenvalue weighted by atomic mass is 79.9. The molecule has 2 aromatic rings. The summed E-state index contributed by atoms with van der Waals surface area (Å²) in [6.45, 7) is 7.92. The number of aromatic nitrogens is 1. The molecule has 0 spiro atoms. The van der Waals surface area contributed by atoms with Gasteiger partial charge in [-0.2, -0.15) is 0 Å². The van der Waals surface area contributed by atoms with Crippen molar-refractivity contribution in [3.05, 3.63) is 51.6 Å². The number of hydrogen-bond donors (Lipinski definition) is 1. The molecular formula is C16H19BrN2O. The minimum absolute atomic E-state index is 0.659. The van der Waals surface area contributed by atoms with E-state index < -0.39 is 0 Å². The predicted octanol–water partition coefficient (Wildman–Crippen LogP) is 4.36. The van der Waals surface area contributed by atoms with Gasteiger partial charge in [0.15, 0.2) is 0 Å². The number of nitrogens with one attached hydrogen (secondary N) is 1. The Morgan fingerprint density at radius 2 is 2.00 bits per heavy atom. The first-order chi connectivity index (χ1) is 9.60. The Balaban J connectivity index is 2.19. The molecule has 0 atom stereocenters. The molecule has 0 aliphatic heterocycles. The average molecular weight is 335 g/mol. The molecule has 3 nitrogen and oxygen atoms in total. The summed E-state index contributed by atoms with van der Waals surface area (Å²) in [4.78, 5) is 4.42. The first-order valence-corrected chi connectivity index (χ1v) is 7.49. The zero-order chi connectivity index (χ0) is 14.5. The van der Waals surface area contributed by atoms with Gasteiger partial charge in [0, 0.05) is 22.8 Å². The first kappa shape index (κ1) is 15.0. The molecule has 2 rings (SSSR count). The van der Waals surface area contributed by atoms with Crippen molar-refractivity contribution in [3.63, 3.8) is 0 Å². The molecule has 1 heterocycles. The van der Waals surface area contributed by atoms with Crippen LogP contribution in [0.2, 0.25) is 0 Å². The van der Waals surface area contributed by atoms with Crippen molar-refractivity contribution in [2.45, 2.75) is 27.3 Å². The van der Waals surface area contributed by atoms with Gasteiger partial charge in [-0.05, 0) is 49.7 Å². The molecule has 0 saturated carbocycles. The smallest absolute Gasteiger partial charge is 0.222 e. The minimum atomic E-state index is 0.659. The zero-order valence-electron chi connectivity index (χ0n) is 12.0. The van der Waals surface area contributed by atoms with Crippen molar-refractivity contribution in [1.29, 1.82) is 0 Å². The highest BCUT2D eigenvalue weighted by Crippen LogP contribution is 2.28. The lowest BCUT2D eigenvalue weighted by Gasteiger charge is -2.11. The van der Waals surface area contributed by atoms with Gasteiger partial charge in [-0.1, -0.05) is 28.9 Å². The lowest BCUT2D eigenvalue weighted by atomic mass is 10.2. The highest BCUT2D eigenvalue weighted by Gasteiger charge is 2.07. The van der Waals surface area contributed by atoms with E-state index in [1.54, 1.807) is 0 Å². The van der Waals surface area contributed by atoms with Crippen molar-refractivity contribution < 1.29 is 4.74 Å². The van der Waals surface area contributed by atoms with Crippen LogP contribution in [0.5, 0.6) is 11.6 Å². The fourth-order valence-electron chi connectivity index (χ4n) is 1.88. The standard InChI is InChI=1S/C16H19BrN2O/c1-4-18-9-13-7-12(3)16(19-10-13)20-15-8-14(17)6-5-11(15)2/h5-8,10,18H,4,9H2,1-3H3. The van der Waals surface area contributed by atoms with E-state index in [1.807, 2.05) is 38.2 Å². The van der Waals surface area contributed by atoms with Gasteiger partial charge in [0.25, 0.3) is 0 Å². The maximum Gasteiger partial charge on any atom is 0.222 e. The quantitative estimate of drug-likeness (QED) is 0.881. The molecule has 4 heteroatoms. The number of nitrogens with zero attached hydrogens (tertiary/aromatic N) is 1. The van der Waals surface area contributed by atoms with Crippen LogP contribution < -0.4 is 10.1 Å². The van der Waals surface area contributed by atoms with Crippen molar-refractivity contribution in [3.8, 4) is 11.6 Å². The molecule has 106 valence electrons. The van der Waals surface area contributed by atoms with Gasteiger partial charge in [-0.25, -0.2) is 4.98 Å². The third kappa shape index (κ3) is 3.81. The number of aryl methyl sites for hydroxylation is 2. The van der Waals surface area contributed by atoms with Crippen LogP contribution in [0.4, 0.5) is 0 Å². The average Bonchev–Trinajstić information content (AvgIpc) is 2.43. The highest BCUT2D eigenvalue weighted by molar-refractivity contribution is 9.10. The van der Waals surface area contributed by atoms with Crippen molar-refractivity contribution >= 4 is 15.9 Å². The second-order valence-corrected chi connectivity index (χ2v) is 5.67. The number of benzene rings is 1. The van der Waals surface area contributed by atoms with Gasteiger partial charge in [0.05, 0.1) is 0 Å². The first-order valence-electron chi connectivity index (χ1n) is 6.70. The Hall–Kier alpha value is -1.39. The molecule has 0 fully saturated rings. The fraction of sp³-hybridized carbons (Fsp3) is 0.312. The van der Waals surface area contributed by atoms with E-state index in [0.29, 0.717) is 5.88 Å². The van der Waals surface area contributed by atoms with Crippen molar-refractivity contribution in [2.75, 3.05) is 6.54 Å². The van der Waals surface area contributed by atoms with Gasteiger partial charge < -0.3 is 10.1 Å². The molecular weight excluding hydrogens is 316 g/mol. The molecule has 0 amide bonds. The van der Waals surface area contributed by atoms with E-state index in [0.717, 1.165) is 34.4 Å². The summed E-state index contributed by atoms with van der Waals surface area (Å²) in [5, 5.41) is 3.29. The molecule has 0 unspecified atom stereocenters. The lowest BCUT2D eigenvalue weighted by molar-refractivity contribution is 0.454. The second kappa shape index (κ2) is 6.86. The normalized spacial score (nSPS) is 10.6. The van der Waals surface area contributed by atoms with Gasteiger partial charge in [-0.15, -0.1) is 0 Å². The van der Waals surface area contributed by atoms with E-state index in [-0.39, 0.29) is 0 Å². The summed E-state index contributed by atoms with van der Waals surface area (Å²) < 4.78 is 6.92. The van der Waals surface area contributed by atoms with E-state index in [4.69, 9.17) is 4.74 Å². The Kier molecular flexibility index (Phi) is 5.15. The summed E-state index contributed by atoms with van der Waals surface area (Å²) in [7, 11) is 0. The second-order valence-electron chi connectivity index (χ2n) is 4.76. The van der Waals surface area contributed by atoms with Gasteiger partial charge in [0.1, 0.15) is 5.75 Å². The molecule has 20 heavy (non-hydrogen) atoms. The molecule has 1 N–H and O–H groups in total. The number of ether oxygens (including phenoxy) is 1. The Bertz CT molecular complexity index is 599. The van der Waals surface area contributed by atoms with E-state index in [9.17, 15) is 0 Å². The molecule has 1 aromatic heterocycles. The van der Waals surface area contributed by atoms with Crippen LogP contribution in [0.3, 0.4) is 0 Å². The van der Waals surface area contributed by atoms with E-state index in [2.05, 4.69) is 39.2 Å². The van der Waals surface area contributed by atoms with Crippen LogP contribution in [0, 0.1) is 13.8 Å². The Morgan fingerprint density at radius 1 is 1.20 bits per heavy atom. The Morgan fingerprint density at radius 3 is 2.70 bits per heavy atom. The maximum absolute atomic E-state index is 5.92. The van der Waals surface area contributed by atoms with Crippen molar-refractivity contribution in [1.82, 2.24) is 10.3 Å². The van der Waals surface area contributed by atoms with E-state index in [1.165, 1.54) is 5.56 Å². The summed E-state index contributed by atoms with van der Waals surface area (Å²) in [5.41, 5.74) is 3.30. The van der Waals surface area contributed by atoms with Crippen LogP contribution in [-0.2, 0) is 6.54 Å². The van der Waals surface area contributed by atoms with Crippen LogP contribution in [0.15, 0.2) is 34.9 Å². The molecule has 0 saturated heterocycles. The fourth-order valence-corrected chi connectivity index (χ4v) is 2.22. The monoisotopic (exact) mass is 334 g/mol. The summed E-state index contributed by atoms with van der Waals surface area (Å²) in [6, 6.07) is 8.09. The van der Waals surface area contributed by atoms with Crippen LogP contribution in [0.1, 0.15) is 23.6 Å². The SMILES string of the molecule is CCNCc1cnc(Oc2cc(Br)ccc2C)c(C)c1. The Labute approximate surface area is 128 Å². The van der Waals surface area contributed by atoms with Crippen LogP contribution >= 0.6 is 15.9 Å². The summed E-state index contributed by atoms with van der Waals surface area (Å²) in [5.74, 6) is 1.49. The van der Waals surface area contributed by atoms with Crippen LogP contribution in [0.25, 0.3) is 0 Å². The van der Waals surface area contributed by atoms with Gasteiger partial charge in [-0.3, -0.25) is 0 Å². The predicted molar refractivity (Wildman–Crippen MR) is 85.3 cm³/mol. The minimum Gasteiger partial charge on any atom is -0.438 e. The zero-order valence-corrected chi connectivity index (χ0v) is 13.6. The molecule has 0 radical (unpaired) electrons. The summed E-state index contributed by atoms with van der Waals surface area (Å²) in [6.07, 6.45) is 1.86. The molecule has 0 bridgehead atoms. The number of hydrogen-bond acceptors (Lipinski definition) is 3. The maximum atomic E-state index is 5.92. The number of pyridine rings is 1. The third-order valence-electron chi connectivity index (χ3n) is 3.02. The summed E-state index contributed by atoms with van der Waals surface area (Å²) >= 11 is 3.46. The largest absolute Gasteiger partial charge is 0.438 e. The third-order valence-corrected chi connectivity index (χ3v) is 3.52. The lowest BCUT2D eigenvalue weighted by Crippen LogP contribution is -2.12. The van der Waals surface area contributed by atoms with Gasteiger partial charge in [0.2, 0.25) is 5.88 Å². The number of rotatable bonds is 5. The van der Waals surface area contributed by atoms with Gasteiger partial charge >= 0.3 is 0 Å². The molecule has 0 aliphatic carbocycles. The van der Waals surface area contributed by atoms with E-state index >= 15 is 0 Å². The van der Waals surface area contributed by atoms with Crippen molar-refractivity contribution in [2.24, 2.45) is 0 Å².